The van der Waals surface area contributed by atoms with Crippen molar-refractivity contribution < 1.29 is 0 Å². The van der Waals surface area contributed by atoms with Gasteiger partial charge in [-0.1, -0.05) is 109 Å². The van der Waals surface area contributed by atoms with Crippen molar-refractivity contribution in [3.63, 3.8) is 0 Å². The highest BCUT2D eigenvalue weighted by molar-refractivity contribution is 6.14. The van der Waals surface area contributed by atoms with Crippen LogP contribution in [0, 0.1) is 0 Å². The summed E-state index contributed by atoms with van der Waals surface area (Å²) in [5, 5.41) is 5.14. The van der Waals surface area contributed by atoms with Gasteiger partial charge in [-0.3, -0.25) is 0 Å². The first-order valence-corrected chi connectivity index (χ1v) is 12.6. The third kappa shape index (κ3) is 2.66. The standard InChI is InChI=1S/C35H23N/c1-2-11-23(12-3-1)34-27-16-6-7-17-28(27)35-29(34)18-10-20-32(35)36-31-19-9-8-15-26(31)30-21-24-13-4-5-14-25(24)22-33(30)36/h1-22,34H. The molecular weight excluding hydrogens is 434 g/mol. The molecule has 1 atom stereocenters. The lowest BCUT2D eigenvalue weighted by molar-refractivity contribution is 1.01. The lowest BCUT2D eigenvalue weighted by Gasteiger charge is -2.16. The zero-order valence-corrected chi connectivity index (χ0v) is 19.7. The van der Waals surface area contributed by atoms with Gasteiger partial charge in [-0.15, -0.1) is 0 Å². The molecule has 0 fully saturated rings. The molecule has 0 N–H and O–H groups in total. The van der Waals surface area contributed by atoms with E-state index in [-0.39, 0.29) is 5.92 Å². The summed E-state index contributed by atoms with van der Waals surface area (Å²) >= 11 is 0. The summed E-state index contributed by atoms with van der Waals surface area (Å²) in [5.74, 6) is 0.242. The maximum Gasteiger partial charge on any atom is 0.0547 e. The molecule has 0 radical (unpaired) electrons. The van der Waals surface area contributed by atoms with Crippen LogP contribution >= 0.6 is 0 Å². The van der Waals surface area contributed by atoms with Crippen molar-refractivity contribution in [1.29, 1.82) is 0 Å². The van der Waals surface area contributed by atoms with Crippen LogP contribution in [0.25, 0.3) is 49.4 Å². The van der Waals surface area contributed by atoms with Gasteiger partial charge in [0.2, 0.25) is 0 Å². The summed E-state index contributed by atoms with van der Waals surface area (Å²) in [6, 6.07) is 48.9. The van der Waals surface area contributed by atoms with Crippen molar-refractivity contribution in [2.75, 3.05) is 0 Å². The molecule has 1 unspecified atom stereocenters. The number of para-hydroxylation sites is 1. The molecule has 6 aromatic carbocycles. The monoisotopic (exact) mass is 457 g/mol. The minimum absolute atomic E-state index is 0.242. The zero-order chi connectivity index (χ0) is 23.6. The average Bonchev–Trinajstić information content (AvgIpc) is 3.45. The first kappa shape index (κ1) is 19.7. The molecule has 1 heteroatoms. The molecule has 0 bridgehead atoms. The summed E-state index contributed by atoms with van der Waals surface area (Å²) in [6.07, 6.45) is 0. The van der Waals surface area contributed by atoms with E-state index in [4.69, 9.17) is 0 Å². The van der Waals surface area contributed by atoms with Crippen LogP contribution in [0.3, 0.4) is 0 Å². The molecule has 36 heavy (non-hydrogen) atoms. The maximum atomic E-state index is 2.49. The van der Waals surface area contributed by atoms with Gasteiger partial charge < -0.3 is 4.57 Å². The Kier molecular flexibility index (Phi) is 4.06. The highest BCUT2D eigenvalue weighted by Crippen LogP contribution is 2.51. The van der Waals surface area contributed by atoms with Crippen molar-refractivity contribution in [3.05, 3.63) is 150 Å². The van der Waals surface area contributed by atoms with Crippen molar-refractivity contribution >= 4 is 32.6 Å². The number of hydrogen-bond acceptors (Lipinski definition) is 0. The summed E-state index contributed by atoms with van der Waals surface area (Å²) in [6.45, 7) is 0. The second kappa shape index (κ2) is 7.44. The van der Waals surface area contributed by atoms with E-state index in [1.54, 1.807) is 0 Å². The third-order valence-electron chi connectivity index (χ3n) is 7.84. The topological polar surface area (TPSA) is 4.93 Å². The van der Waals surface area contributed by atoms with E-state index in [0.717, 1.165) is 0 Å². The smallest absolute Gasteiger partial charge is 0.0547 e. The Labute approximate surface area is 209 Å². The lowest BCUT2D eigenvalue weighted by atomic mass is 9.89. The predicted molar refractivity (Wildman–Crippen MR) is 151 cm³/mol. The van der Waals surface area contributed by atoms with Crippen molar-refractivity contribution in [1.82, 2.24) is 4.57 Å². The Morgan fingerprint density at radius 1 is 0.472 bits per heavy atom. The van der Waals surface area contributed by atoms with Gasteiger partial charge >= 0.3 is 0 Å². The van der Waals surface area contributed by atoms with E-state index >= 15 is 0 Å². The van der Waals surface area contributed by atoms with Crippen LogP contribution in [-0.4, -0.2) is 4.57 Å². The highest BCUT2D eigenvalue weighted by Gasteiger charge is 2.32. The second-order valence-corrected chi connectivity index (χ2v) is 9.74. The minimum Gasteiger partial charge on any atom is -0.309 e. The summed E-state index contributed by atoms with van der Waals surface area (Å²) in [4.78, 5) is 0. The Balaban J connectivity index is 1.51. The van der Waals surface area contributed by atoms with Crippen LogP contribution < -0.4 is 0 Å². The molecule has 0 amide bonds. The molecule has 1 aromatic heterocycles. The fourth-order valence-electron chi connectivity index (χ4n) is 6.34. The predicted octanol–water partition coefficient (Wildman–Crippen LogP) is 9.10. The van der Waals surface area contributed by atoms with Crippen LogP contribution in [0.1, 0.15) is 22.6 Å². The normalized spacial score (nSPS) is 14.4. The van der Waals surface area contributed by atoms with E-state index in [0.29, 0.717) is 0 Å². The summed E-state index contributed by atoms with van der Waals surface area (Å²) in [7, 11) is 0. The van der Waals surface area contributed by atoms with E-state index in [1.165, 1.54) is 66.1 Å². The molecule has 1 nitrogen and oxygen atoms in total. The van der Waals surface area contributed by atoms with Gasteiger partial charge in [0.1, 0.15) is 0 Å². The number of benzene rings is 6. The van der Waals surface area contributed by atoms with Crippen LogP contribution in [-0.2, 0) is 0 Å². The number of aromatic nitrogens is 1. The fourth-order valence-corrected chi connectivity index (χ4v) is 6.34. The third-order valence-corrected chi connectivity index (χ3v) is 7.84. The quantitative estimate of drug-likeness (QED) is 0.244. The number of nitrogens with zero attached hydrogens (tertiary/aromatic N) is 1. The molecule has 8 rings (SSSR count). The molecule has 1 heterocycles. The van der Waals surface area contributed by atoms with Gasteiger partial charge in [0.15, 0.2) is 0 Å². The highest BCUT2D eigenvalue weighted by atomic mass is 15.0. The Morgan fingerprint density at radius 3 is 2.06 bits per heavy atom. The number of fused-ring (bicyclic) bond motifs is 7. The molecule has 168 valence electrons. The average molecular weight is 458 g/mol. The largest absolute Gasteiger partial charge is 0.309 e. The van der Waals surface area contributed by atoms with Crippen molar-refractivity contribution in [2.24, 2.45) is 0 Å². The SMILES string of the molecule is c1ccc(C2c3ccccc3-c3c2cccc3-n2c3ccccc3c3cc4ccccc4cc32)cc1. The fraction of sp³-hybridized carbons (Fsp3) is 0.0286. The van der Waals surface area contributed by atoms with Gasteiger partial charge in [-0.25, -0.2) is 0 Å². The van der Waals surface area contributed by atoms with Crippen LogP contribution in [0.2, 0.25) is 0 Å². The van der Waals surface area contributed by atoms with E-state index < -0.39 is 0 Å². The Bertz CT molecular complexity index is 1940. The van der Waals surface area contributed by atoms with Gasteiger partial charge in [0, 0.05) is 22.3 Å². The van der Waals surface area contributed by atoms with Gasteiger partial charge in [0.25, 0.3) is 0 Å². The summed E-state index contributed by atoms with van der Waals surface area (Å²) in [5.41, 5.74) is 10.5. The van der Waals surface area contributed by atoms with Gasteiger partial charge in [-0.2, -0.15) is 0 Å². The second-order valence-electron chi connectivity index (χ2n) is 9.74. The molecule has 1 aliphatic rings. The molecule has 0 aliphatic heterocycles. The van der Waals surface area contributed by atoms with E-state index in [9.17, 15) is 0 Å². The number of hydrogen-bond donors (Lipinski definition) is 0. The molecule has 0 saturated heterocycles. The van der Waals surface area contributed by atoms with Crippen LogP contribution in [0.5, 0.6) is 0 Å². The zero-order valence-electron chi connectivity index (χ0n) is 19.7. The van der Waals surface area contributed by atoms with E-state index in [1.807, 2.05) is 0 Å². The molecule has 7 aromatic rings. The van der Waals surface area contributed by atoms with Crippen LogP contribution in [0.15, 0.2) is 133 Å². The molecule has 0 saturated carbocycles. The van der Waals surface area contributed by atoms with Crippen LogP contribution in [0.4, 0.5) is 0 Å². The minimum atomic E-state index is 0.242. The van der Waals surface area contributed by atoms with Crippen molar-refractivity contribution in [3.8, 4) is 16.8 Å². The Morgan fingerprint density at radius 2 is 1.17 bits per heavy atom. The van der Waals surface area contributed by atoms with Gasteiger partial charge in [0.05, 0.1) is 16.7 Å². The molecule has 0 spiro atoms. The Hall–Kier alpha value is -4.62. The van der Waals surface area contributed by atoms with Crippen molar-refractivity contribution in [2.45, 2.75) is 5.92 Å². The summed E-state index contributed by atoms with van der Waals surface area (Å²) < 4.78 is 2.49. The first-order chi connectivity index (χ1) is 17.9. The maximum absolute atomic E-state index is 2.49. The number of rotatable bonds is 2. The molecular formula is C35H23N. The first-order valence-electron chi connectivity index (χ1n) is 12.6. The van der Waals surface area contributed by atoms with E-state index in [2.05, 4.69) is 138 Å². The molecule has 1 aliphatic carbocycles. The lowest BCUT2D eigenvalue weighted by Crippen LogP contribution is -2.00. The van der Waals surface area contributed by atoms with Gasteiger partial charge in [-0.05, 0) is 57.3 Å².